The number of aryl methyl sites for hydroxylation is 1. The van der Waals surface area contributed by atoms with Gasteiger partial charge in [-0.3, -0.25) is 0 Å². The van der Waals surface area contributed by atoms with Gasteiger partial charge < -0.3 is 5.73 Å². The van der Waals surface area contributed by atoms with Crippen LogP contribution in [0.4, 0.5) is 0 Å². The molecule has 0 spiro atoms. The second-order valence-electron chi connectivity index (χ2n) is 4.29. The van der Waals surface area contributed by atoms with Crippen molar-refractivity contribution in [2.45, 2.75) is 25.3 Å². The summed E-state index contributed by atoms with van der Waals surface area (Å²) in [6, 6.07) is 0.0440. The van der Waals surface area contributed by atoms with Gasteiger partial charge in [-0.1, -0.05) is 5.21 Å². The molecular weight excluding hydrogens is 288 g/mol. The fourth-order valence-electron chi connectivity index (χ4n) is 2.19. The predicted octanol–water partition coefficient (Wildman–Crippen LogP) is 2.11. The van der Waals surface area contributed by atoms with Crippen LogP contribution in [0.5, 0.6) is 0 Å². The minimum atomic E-state index is 0.0440. The third kappa shape index (κ3) is 2.78. The van der Waals surface area contributed by atoms with Crippen LogP contribution in [0, 0.1) is 5.92 Å². The van der Waals surface area contributed by atoms with E-state index in [1.807, 2.05) is 18.8 Å². The molecule has 90 valence electrons. The van der Waals surface area contributed by atoms with Crippen molar-refractivity contribution in [2.24, 2.45) is 18.7 Å². The zero-order valence-electron chi connectivity index (χ0n) is 9.40. The fraction of sp³-hybridized carbons (Fsp3) is 0.800. The Balaban J connectivity index is 1.99. The summed E-state index contributed by atoms with van der Waals surface area (Å²) in [5.41, 5.74) is 7.25. The van der Waals surface area contributed by atoms with Gasteiger partial charge in [-0.15, -0.1) is 5.10 Å². The topological polar surface area (TPSA) is 56.7 Å². The molecule has 0 bridgehead atoms. The molecule has 0 saturated carbocycles. The van der Waals surface area contributed by atoms with Crippen molar-refractivity contribution in [1.82, 2.24) is 15.0 Å². The SMILES string of the molecule is Cn1nnc(Br)c1C(N)CC1CCSCC1. The number of hydrogen-bond donors (Lipinski definition) is 1. The molecular formula is C10H17BrN4S. The Bertz CT molecular complexity index is 329. The summed E-state index contributed by atoms with van der Waals surface area (Å²) in [4.78, 5) is 0. The molecule has 4 nitrogen and oxygen atoms in total. The Morgan fingerprint density at radius 3 is 2.81 bits per heavy atom. The molecule has 0 aromatic carbocycles. The molecule has 6 heteroatoms. The first-order valence-corrected chi connectivity index (χ1v) is 7.51. The van der Waals surface area contributed by atoms with Gasteiger partial charge in [-0.05, 0) is 52.6 Å². The Labute approximate surface area is 108 Å². The van der Waals surface area contributed by atoms with E-state index < -0.39 is 0 Å². The molecule has 16 heavy (non-hydrogen) atoms. The Hall–Kier alpha value is -0.0700. The Morgan fingerprint density at radius 1 is 1.56 bits per heavy atom. The fourth-order valence-corrected chi connectivity index (χ4v) is 4.01. The van der Waals surface area contributed by atoms with Crippen molar-refractivity contribution < 1.29 is 0 Å². The zero-order chi connectivity index (χ0) is 11.5. The van der Waals surface area contributed by atoms with Crippen LogP contribution < -0.4 is 5.73 Å². The van der Waals surface area contributed by atoms with Gasteiger partial charge in [0.2, 0.25) is 0 Å². The largest absolute Gasteiger partial charge is 0.323 e. The molecule has 1 aromatic heterocycles. The molecule has 1 unspecified atom stereocenters. The number of thioether (sulfide) groups is 1. The molecule has 1 aliphatic heterocycles. The molecule has 1 fully saturated rings. The molecule has 1 aliphatic rings. The average molecular weight is 305 g/mol. The molecule has 0 amide bonds. The lowest BCUT2D eigenvalue weighted by atomic mass is 9.93. The summed E-state index contributed by atoms with van der Waals surface area (Å²) in [7, 11) is 1.89. The minimum absolute atomic E-state index is 0.0440. The van der Waals surface area contributed by atoms with Crippen LogP contribution in [0.2, 0.25) is 0 Å². The van der Waals surface area contributed by atoms with Gasteiger partial charge in [0.15, 0.2) is 4.60 Å². The van der Waals surface area contributed by atoms with E-state index in [1.54, 1.807) is 4.68 Å². The van der Waals surface area contributed by atoms with E-state index >= 15 is 0 Å². The first-order valence-electron chi connectivity index (χ1n) is 5.57. The summed E-state index contributed by atoms with van der Waals surface area (Å²) in [6.07, 6.45) is 3.63. The molecule has 2 heterocycles. The third-order valence-corrected chi connectivity index (χ3v) is 4.72. The maximum Gasteiger partial charge on any atom is 0.153 e. The number of hydrogen-bond acceptors (Lipinski definition) is 4. The zero-order valence-corrected chi connectivity index (χ0v) is 11.8. The molecule has 2 rings (SSSR count). The lowest BCUT2D eigenvalue weighted by Crippen LogP contribution is -2.21. The van der Waals surface area contributed by atoms with Gasteiger partial charge >= 0.3 is 0 Å². The van der Waals surface area contributed by atoms with E-state index in [4.69, 9.17) is 5.73 Å². The summed E-state index contributed by atoms with van der Waals surface area (Å²) in [5, 5.41) is 7.94. The van der Waals surface area contributed by atoms with Gasteiger partial charge in [0.05, 0.1) is 5.69 Å². The summed E-state index contributed by atoms with van der Waals surface area (Å²) in [5.74, 6) is 3.32. The van der Waals surface area contributed by atoms with Gasteiger partial charge in [0.1, 0.15) is 0 Å². The molecule has 2 N–H and O–H groups in total. The monoisotopic (exact) mass is 304 g/mol. The van der Waals surface area contributed by atoms with Gasteiger partial charge in [-0.25, -0.2) is 4.68 Å². The van der Waals surface area contributed by atoms with Crippen molar-refractivity contribution in [3.05, 3.63) is 10.3 Å². The van der Waals surface area contributed by atoms with Crippen LogP contribution in [-0.2, 0) is 7.05 Å². The molecule has 0 aliphatic carbocycles. The highest BCUT2D eigenvalue weighted by Gasteiger charge is 2.22. The Morgan fingerprint density at radius 2 is 2.25 bits per heavy atom. The standard InChI is InChI=1S/C10H17BrN4S/c1-15-9(10(11)13-14-15)8(12)6-7-2-4-16-5-3-7/h7-8H,2-6,12H2,1H3. The van der Waals surface area contributed by atoms with Gasteiger partial charge in [0.25, 0.3) is 0 Å². The van der Waals surface area contributed by atoms with E-state index in [2.05, 4.69) is 26.2 Å². The van der Waals surface area contributed by atoms with Crippen LogP contribution in [-0.4, -0.2) is 26.5 Å². The first kappa shape index (κ1) is 12.4. The number of rotatable bonds is 3. The van der Waals surface area contributed by atoms with Crippen LogP contribution in [0.15, 0.2) is 4.60 Å². The van der Waals surface area contributed by atoms with Crippen molar-refractivity contribution in [1.29, 1.82) is 0 Å². The number of nitrogens with two attached hydrogens (primary N) is 1. The summed E-state index contributed by atoms with van der Waals surface area (Å²) in [6.45, 7) is 0. The van der Waals surface area contributed by atoms with E-state index in [0.29, 0.717) is 0 Å². The van der Waals surface area contributed by atoms with E-state index in [1.165, 1.54) is 24.3 Å². The van der Waals surface area contributed by atoms with Crippen LogP contribution >= 0.6 is 27.7 Å². The summed E-state index contributed by atoms with van der Waals surface area (Å²) < 4.78 is 2.56. The highest BCUT2D eigenvalue weighted by atomic mass is 79.9. The number of nitrogens with zero attached hydrogens (tertiary/aromatic N) is 3. The highest BCUT2D eigenvalue weighted by molar-refractivity contribution is 9.10. The van der Waals surface area contributed by atoms with Crippen LogP contribution in [0.3, 0.4) is 0 Å². The molecule has 1 saturated heterocycles. The molecule has 1 atom stereocenters. The van der Waals surface area contributed by atoms with Crippen LogP contribution in [0.1, 0.15) is 31.0 Å². The predicted molar refractivity (Wildman–Crippen MR) is 70.3 cm³/mol. The summed E-state index contributed by atoms with van der Waals surface area (Å²) >= 11 is 5.45. The second-order valence-corrected chi connectivity index (χ2v) is 6.26. The van der Waals surface area contributed by atoms with Gasteiger partial charge in [-0.2, -0.15) is 11.8 Å². The van der Waals surface area contributed by atoms with E-state index in [9.17, 15) is 0 Å². The van der Waals surface area contributed by atoms with Crippen molar-refractivity contribution in [3.8, 4) is 0 Å². The van der Waals surface area contributed by atoms with Gasteiger partial charge in [0, 0.05) is 13.1 Å². The second kappa shape index (κ2) is 5.51. The van der Waals surface area contributed by atoms with Crippen molar-refractivity contribution in [3.63, 3.8) is 0 Å². The minimum Gasteiger partial charge on any atom is -0.323 e. The quantitative estimate of drug-likeness (QED) is 0.929. The third-order valence-electron chi connectivity index (χ3n) is 3.11. The van der Waals surface area contributed by atoms with Crippen LogP contribution in [0.25, 0.3) is 0 Å². The highest BCUT2D eigenvalue weighted by Crippen LogP contribution is 2.31. The number of aromatic nitrogens is 3. The molecule has 1 aromatic rings. The molecule has 0 radical (unpaired) electrons. The maximum atomic E-state index is 6.23. The number of halogens is 1. The maximum absolute atomic E-state index is 6.23. The van der Waals surface area contributed by atoms with Crippen molar-refractivity contribution >= 4 is 27.7 Å². The van der Waals surface area contributed by atoms with E-state index in [0.717, 1.165) is 22.6 Å². The Kier molecular flexibility index (Phi) is 4.27. The first-order chi connectivity index (χ1) is 7.68. The average Bonchev–Trinajstić information content (AvgIpc) is 2.60. The van der Waals surface area contributed by atoms with E-state index in [-0.39, 0.29) is 6.04 Å². The lowest BCUT2D eigenvalue weighted by molar-refractivity contribution is 0.402. The smallest absolute Gasteiger partial charge is 0.153 e. The normalized spacial score (nSPS) is 19.9. The van der Waals surface area contributed by atoms with Crippen molar-refractivity contribution in [2.75, 3.05) is 11.5 Å². The lowest BCUT2D eigenvalue weighted by Gasteiger charge is -2.24.